The minimum Gasteiger partial charge on any atom is -0.374 e. The Morgan fingerprint density at radius 2 is 1.37 bits per heavy atom. The van der Waals surface area contributed by atoms with Gasteiger partial charge in [0.1, 0.15) is 0 Å². The molecule has 254 valence electrons. The number of allylic oxidation sites excluding steroid dienone is 7. The lowest BCUT2D eigenvalue weighted by atomic mass is 9.86. The summed E-state index contributed by atoms with van der Waals surface area (Å²) in [5, 5.41) is 22.3. The first kappa shape index (κ1) is 35.4. The Morgan fingerprint density at radius 1 is 0.731 bits per heavy atom. The third kappa shape index (κ3) is 7.51. The van der Waals surface area contributed by atoms with Gasteiger partial charge in [-0.25, -0.2) is 0 Å². The standard InChI is InChI=1S/C49H43N3/c1-7-10-37(11-9-26-50)39-19-14-33(4)44(27-39)45-29-41(20-15-34(45)5)48-12-8-13-49(52-48)42-21-16-35(6)46(30-42)47-28-40(24-25-43(47)32(2)3)38-22-17-36(31-51)18-23-38/h7-25,27-30,32,49,52H,1H2,2-6H3/b11-9+,37-10+. The van der Waals surface area contributed by atoms with Crippen molar-refractivity contribution in [1.82, 2.24) is 5.32 Å². The van der Waals surface area contributed by atoms with E-state index in [0.717, 1.165) is 39.1 Å². The molecule has 0 spiro atoms. The van der Waals surface area contributed by atoms with Gasteiger partial charge in [-0.2, -0.15) is 10.5 Å². The fraction of sp³-hybridized carbons (Fsp3) is 0.143. The highest BCUT2D eigenvalue weighted by Crippen LogP contribution is 2.38. The van der Waals surface area contributed by atoms with Crippen LogP contribution in [-0.2, 0) is 0 Å². The molecule has 0 fully saturated rings. The average molecular weight is 674 g/mol. The number of benzene rings is 5. The maximum Gasteiger partial charge on any atom is 0.0991 e. The van der Waals surface area contributed by atoms with Crippen molar-refractivity contribution in [2.45, 2.75) is 46.6 Å². The SMILES string of the molecule is C=C/C=C(\C=C\C#N)c1ccc(C)c(-c2cc(C3=CC=CC(c4ccc(C)c(-c5cc(-c6ccc(C#N)cc6)ccc5C(C)C)c4)N3)ccc2C)c1. The second-order valence-electron chi connectivity index (χ2n) is 13.7. The minimum absolute atomic E-state index is 0.00287. The average Bonchev–Trinajstić information content (AvgIpc) is 3.17. The molecule has 1 N–H and O–H groups in total. The number of dihydropyridines is 1. The van der Waals surface area contributed by atoms with E-state index >= 15 is 0 Å². The fourth-order valence-electron chi connectivity index (χ4n) is 6.91. The lowest BCUT2D eigenvalue weighted by Gasteiger charge is -2.25. The Morgan fingerprint density at radius 3 is 2.06 bits per heavy atom. The molecule has 5 aromatic carbocycles. The number of nitrogens with one attached hydrogen (secondary N) is 1. The zero-order chi connectivity index (χ0) is 36.8. The van der Waals surface area contributed by atoms with Crippen LogP contribution in [0.4, 0.5) is 0 Å². The van der Waals surface area contributed by atoms with Crippen LogP contribution in [0.5, 0.6) is 0 Å². The molecule has 0 saturated heterocycles. The van der Waals surface area contributed by atoms with E-state index in [2.05, 4.69) is 150 Å². The molecular weight excluding hydrogens is 631 g/mol. The van der Waals surface area contributed by atoms with Gasteiger partial charge in [0.25, 0.3) is 0 Å². The van der Waals surface area contributed by atoms with Crippen molar-refractivity contribution < 1.29 is 0 Å². The monoisotopic (exact) mass is 673 g/mol. The fourth-order valence-corrected chi connectivity index (χ4v) is 6.91. The van der Waals surface area contributed by atoms with Crippen LogP contribution in [0.2, 0.25) is 0 Å². The molecule has 1 atom stereocenters. The maximum atomic E-state index is 9.30. The normalized spacial score (nSPS) is 14.1. The first-order chi connectivity index (χ1) is 25.2. The molecule has 0 aromatic heterocycles. The molecule has 0 aliphatic carbocycles. The summed E-state index contributed by atoms with van der Waals surface area (Å²) in [5.41, 5.74) is 18.0. The first-order valence-corrected chi connectivity index (χ1v) is 17.7. The van der Waals surface area contributed by atoms with E-state index in [1.807, 2.05) is 36.4 Å². The molecule has 3 nitrogen and oxygen atoms in total. The molecule has 0 bridgehead atoms. The van der Waals surface area contributed by atoms with Crippen molar-refractivity contribution in [3.63, 3.8) is 0 Å². The van der Waals surface area contributed by atoms with Gasteiger partial charge in [-0.3, -0.25) is 0 Å². The van der Waals surface area contributed by atoms with Gasteiger partial charge in [0.05, 0.1) is 23.7 Å². The molecule has 3 heteroatoms. The van der Waals surface area contributed by atoms with Crippen molar-refractivity contribution in [2.24, 2.45) is 0 Å². The van der Waals surface area contributed by atoms with Gasteiger partial charge < -0.3 is 5.32 Å². The molecule has 0 saturated carbocycles. The molecule has 1 unspecified atom stereocenters. The van der Waals surface area contributed by atoms with Gasteiger partial charge in [-0.1, -0.05) is 105 Å². The Labute approximate surface area is 308 Å². The third-order valence-corrected chi connectivity index (χ3v) is 9.86. The van der Waals surface area contributed by atoms with Crippen LogP contribution in [0.15, 0.2) is 146 Å². The molecule has 0 radical (unpaired) electrons. The van der Waals surface area contributed by atoms with Gasteiger partial charge in [0.15, 0.2) is 0 Å². The second kappa shape index (κ2) is 15.6. The summed E-state index contributed by atoms with van der Waals surface area (Å²) in [4.78, 5) is 0. The quantitative estimate of drug-likeness (QED) is 0.125. The Bertz CT molecular complexity index is 2370. The van der Waals surface area contributed by atoms with E-state index < -0.39 is 0 Å². The van der Waals surface area contributed by atoms with E-state index in [1.165, 1.54) is 50.6 Å². The maximum absolute atomic E-state index is 9.30. The largest absolute Gasteiger partial charge is 0.374 e. The Balaban J connectivity index is 1.33. The van der Waals surface area contributed by atoms with Crippen LogP contribution in [0.1, 0.15) is 70.3 Å². The lowest BCUT2D eigenvalue weighted by Crippen LogP contribution is -2.20. The van der Waals surface area contributed by atoms with Crippen molar-refractivity contribution in [1.29, 1.82) is 10.5 Å². The molecule has 1 aliphatic heterocycles. The highest BCUT2D eigenvalue weighted by molar-refractivity contribution is 5.83. The molecule has 5 aromatic rings. The zero-order valence-corrected chi connectivity index (χ0v) is 30.5. The molecular formula is C49H43N3. The van der Waals surface area contributed by atoms with E-state index in [9.17, 15) is 5.26 Å². The van der Waals surface area contributed by atoms with Gasteiger partial charge in [-0.15, -0.1) is 0 Å². The number of hydrogen-bond donors (Lipinski definition) is 1. The highest BCUT2D eigenvalue weighted by atomic mass is 14.9. The first-order valence-electron chi connectivity index (χ1n) is 17.7. The molecule has 1 aliphatic rings. The van der Waals surface area contributed by atoms with E-state index in [-0.39, 0.29) is 6.04 Å². The predicted molar refractivity (Wildman–Crippen MR) is 218 cm³/mol. The van der Waals surface area contributed by atoms with Crippen molar-refractivity contribution >= 4 is 11.3 Å². The summed E-state index contributed by atoms with van der Waals surface area (Å²) in [7, 11) is 0. The summed E-state index contributed by atoms with van der Waals surface area (Å²) < 4.78 is 0. The summed E-state index contributed by atoms with van der Waals surface area (Å²) in [5.74, 6) is 0.356. The van der Waals surface area contributed by atoms with Crippen LogP contribution in [0.25, 0.3) is 44.7 Å². The molecule has 1 heterocycles. The van der Waals surface area contributed by atoms with E-state index in [4.69, 9.17) is 5.26 Å². The summed E-state index contributed by atoms with van der Waals surface area (Å²) >= 11 is 0. The Kier molecular flexibility index (Phi) is 10.6. The van der Waals surface area contributed by atoms with Crippen LogP contribution >= 0.6 is 0 Å². The number of hydrogen-bond acceptors (Lipinski definition) is 3. The highest BCUT2D eigenvalue weighted by Gasteiger charge is 2.19. The van der Waals surface area contributed by atoms with Gasteiger partial charge in [0, 0.05) is 11.8 Å². The molecule has 0 amide bonds. The van der Waals surface area contributed by atoms with E-state index in [0.29, 0.717) is 11.5 Å². The third-order valence-electron chi connectivity index (χ3n) is 9.86. The van der Waals surface area contributed by atoms with Crippen LogP contribution in [0, 0.1) is 43.4 Å². The second-order valence-corrected chi connectivity index (χ2v) is 13.7. The van der Waals surface area contributed by atoms with Crippen LogP contribution < -0.4 is 5.32 Å². The summed E-state index contributed by atoms with van der Waals surface area (Å²) in [6, 6.07) is 38.8. The van der Waals surface area contributed by atoms with Crippen molar-refractivity contribution in [2.75, 3.05) is 0 Å². The van der Waals surface area contributed by atoms with Crippen LogP contribution in [-0.4, -0.2) is 0 Å². The smallest absolute Gasteiger partial charge is 0.0991 e. The van der Waals surface area contributed by atoms with Gasteiger partial charge in [0.2, 0.25) is 0 Å². The predicted octanol–water partition coefficient (Wildman–Crippen LogP) is 12.5. The minimum atomic E-state index is -0.00287. The molecule has 52 heavy (non-hydrogen) atoms. The lowest BCUT2D eigenvalue weighted by molar-refractivity contribution is 0.764. The van der Waals surface area contributed by atoms with E-state index in [1.54, 1.807) is 6.08 Å². The number of nitriles is 2. The Hall–Kier alpha value is -6.42. The van der Waals surface area contributed by atoms with Crippen LogP contribution in [0.3, 0.4) is 0 Å². The van der Waals surface area contributed by atoms with Crippen molar-refractivity contribution in [3.05, 3.63) is 191 Å². The zero-order valence-electron chi connectivity index (χ0n) is 30.5. The van der Waals surface area contributed by atoms with Crippen molar-refractivity contribution in [3.8, 4) is 45.5 Å². The summed E-state index contributed by atoms with van der Waals surface area (Å²) in [6.45, 7) is 14.9. The number of aryl methyl sites for hydroxylation is 3. The number of rotatable bonds is 9. The molecule has 6 rings (SSSR count). The van der Waals surface area contributed by atoms with Gasteiger partial charge in [-0.05, 0) is 153 Å². The summed E-state index contributed by atoms with van der Waals surface area (Å²) in [6.07, 6.45) is 13.5. The topological polar surface area (TPSA) is 59.6 Å². The number of nitrogens with zero attached hydrogens (tertiary/aromatic N) is 2. The van der Waals surface area contributed by atoms with Gasteiger partial charge >= 0.3 is 0 Å².